The van der Waals surface area contributed by atoms with Crippen molar-refractivity contribution in [3.05, 3.63) is 29.3 Å². The average Bonchev–Trinajstić information content (AvgIpc) is 2.59. The Morgan fingerprint density at radius 3 is 2.76 bits per heavy atom. The molecule has 1 amide bonds. The van der Waals surface area contributed by atoms with Gasteiger partial charge < -0.3 is 15.4 Å². The topological polar surface area (TPSA) is 53.6 Å². The molecule has 1 aromatic carbocycles. The lowest BCUT2D eigenvalue weighted by atomic mass is 10.1. The van der Waals surface area contributed by atoms with Gasteiger partial charge in [-0.15, -0.1) is 24.8 Å². The third-order valence-electron chi connectivity index (χ3n) is 4.28. The Morgan fingerprint density at radius 2 is 2.12 bits per heavy atom. The third kappa shape index (κ3) is 6.62. The number of carbonyl (C=O) groups is 1. The van der Waals surface area contributed by atoms with Gasteiger partial charge in [0.15, 0.2) is 0 Å². The predicted octanol–water partition coefficient (Wildman–Crippen LogP) is 2.31. The Bertz CT molecular complexity index is 551. The van der Waals surface area contributed by atoms with Crippen LogP contribution < -0.4 is 10.6 Å². The molecular weight excluding hydrogens is 381 g/mol. The summed E-state index contributed by atoms with van der Waals surface area (Å²) in [5.41, 5.74) is 3.29. The number of aryl methyl sites for hydroxylation is 1. The summed E-state index contributed by atoms with van der Waals surface area (Å²) in [6.07, 6.45) is -0.395. The highest BCUT2D eigenvalue weighted by atomic mass is 35.5. The molecule has 2 aliphatic rings. The summed E-state index contributed by atoms with van der Waals surface area (Å²) in [5.74, 6) is 2.38. The van der Waals surface area contributed by atoms with Crippen LogP contribution in [0.25, 0.3) is 0 Å². The van der Waals surface area contributed by atoms with Gasteiger partial charge in [-0.05, 0) is 24.1 Å². The minimum atomic E-state index is -0.395. The number of carbonyl (C=O) groups excluding carboxylic acids is 1. The fraction of sp³-hybridized carbons (Fsp3) is 0.588. The summed E-state index contributed by atoms with van der Waals surface area (Å²) in [6, 6.07) is 6.30. The molecular formula is C17H27Cl2N3O2S. The van der Waals surface area contributed by atoms with Crippen LogP contribution in [-0.4, -0.2) is 61.2 Å². The molecule has 2 heterocycles. The van der Waals surface area contributed by atoms with E-state index in [0.29, 0.717) is 13.2 Å². The molecule has 5 nitrogen and oxygen atoms in total. The van der Waals surface area contributed by atoms with Crippen molar-refractivity contribution < 1.29 is 9.53 Å². The normalized spacial score (nSPS) is 20.9. The van der Waals surface area contributed by atoms with Crippen molar-refractivity contribution in [1.29, 1.82) is 0 Å². The highest BCUT2D eigenvalue weighted by Gasteiger charge is 2.22. The molecule has 0 saturated carbocycles. The van der Waals surface area contributed by atoms with Crippen LogP contribution in [-0.2, 0) is 16.1 Å². The number of rotatable bonds is 4. The first-order chi connectivity index (χ1) is 11.2. The monoisotopic (exact) mass is 407 g/mol. The first-order valence-corrected chi connectivity index (χ1v) is 9.40. The van der Waals surface area contributed by atoms with Crippen LogP contribution in [0.3, 0.4) is 0 Å². The van der Waals surface area contributed by atoms with E-state index in [2.05, 4.69) is 27.7 Å². The van der Waals surface area contributed by atoms with E-state index in [1.807, 2.05) is 24.8 Å². The number of amides is 1. The summed E-state index contributed by atoms with van der Waals surface area (Å²) in [6.45, 7) is 7.34. The summed E-state index contributed by atoms with van der Waals surface area (Å²) in [4.78, 5) is 14.7. The van der Waals surface area contributed by atoms with Crippen molar-refractivity contribution in [2.24, 2.45) is 0 Å². The quantitative estimate of drug-likeness (QED) is 0.801. The van der Waals surface area contributed by atoms with E-state index >= 15 is 0 Å². The van der Waals surface area contributed by atoms with Crippen molar-refractivity contribution >= 4 is 48.2 Å². The minimum Gasteiger partial charge on any atom is -0.366 e. The minimum absolute atomic E-state index is 0. The Balaban J connectivity index is 0.00000156. The van der Waals surface area contributed by atoms with Gasteiger partial charge >= 0.3 is 0 Å². The van der Waals surface area contributed by atoms with E-state index in [1.165, 1.54) is 17.1 Å². The Morgan fingerprint density at radius 1 is 1.36 bits per heavy atom. The molecule has 0 bridgehead atoms. The third-order valence-corrected chi connectivity index (χ3v) is 5.22. The SMILES string of the molecule is Cc1cc(CN2CCSCC2)ccc1NC(=O)C1CNCCO1.Cl.Cl. The fourth-order valence-electron chi connectivity index (χ4n) is 2.93. The lowest BCUT2D eigenvalue weighted by Crippen LogP contribution is -2.45. The number of ether oxygens (including phenoxy) is 1. The van der Waals surface area contributed by atoms with E-state index in [4.69, 9.17) is 4.74 Å². The van der Waals surface area contributed by atoms with Crippen LogP contribution in [0.1, 0.15) is 11.1 Å². The molecule has 25 heavy (non-hydrogen) atoms. The lowest BCUT2D eigenvalue weighted by molar-refractivity contribution is -0.128. The highest BCUT2D eigenvalue weighted by molar-refractivity contribution is 7.99. The van der Waals surface area contributed by atoms with Gasteiger partial charge in [0.1, 0.15) is 6.10 Å². The summed E-state index contributed by atoms with van der Waals surface area (Å²) < 4.78 is 5.49. The van der Waals surface area contributed by atoms with E-state index in [1.54, 1.807) is 0 Å². The number of thioether (sulfide) groups is 1. The largest absolute Gasteiger partial charge is 0.366 e. The Hall–Kier alpha value is -0.500. The second-order valence-corrected chi connectivity index (χ2v) is 7.32. The second-order valence-electron chi connectivity index (χ2n) is 6.09. The van der Waals surface area contributed by atoms with Crippen molar-refractivity contribution in [2.75, 3.05) is 49.6 Å². The molecule has 3 rings (SSSR count). The van der Waals surface area contributed by atoms with Gasteiger partial charge in [0.05, 0.1) is 6.61 Å². The highest BCUT2D eigenvalue weighted by Crippen LogP contribution is 2.19. The van der Waals surface area contributed by atoms with Crippen LogP contribution >= 0.6 is 36.6 Å². The Labute approximate surface area is 166 Å². The number of morpholine rings is 1. The van der Waals surface area contributed by atoms with Gasteiger partial charge in [-0.25, -0.2) is 0 Å². The summed E-state index contributed by atoms with van der Waals surface area (Å²) >= 11 is 2.03. The molecule has 2 saturated heterocycles. The molecule has 2 N–H and O–H groups in total. The van der Waals surface area contributed by atoms with Crippen molar-refractivity contribution in [2.45, 2.75) is 19.6 Å². The van der Waals surface area contributed by atoms with Gasteiger partial charge in [-0.2, -0.15) is 11.8 Å². The summed E-state index contributed by atoms with van der Waals surface area (Å²) in [7, 11) is 0. The number of nitrogens with zero attached hydrogens (tertiary/aromatic N) is 1. The van der Waals surface area contributed by atoms with Gasteiger partial charge in [-0.3, -0.25) is 9.69 Å². The van der Waals surface area contributed by atoms with Gasteiger partial charge in [-0.1, -0.05) is 12.1 Å². The maximum Gasteiger partial charge on any atom is 0.254 e. The van der Waals surface area contributed by atoms with Crippen LogP contribution in [0.2, 0.25) is 0 Å². The van der Waals surface area contributed by atoms with Crippen molar-refractivity contribution in [3.63, 3.8) is 0 Å². The standard InChI is InChI=1S/C17H25N3O2S.2ClH/c1-13-10-14(12-20-5-8-23-9-6-20)2-3-15(13)19-17(21)16-11-18-4-7-22-16;;/h2-3,10,16,18H,4-9,11-12H2,1H3,(H,19,21);2*1H. The number of nitrogens with one attached hydrogen (secondary N) is 2. The molecule has 0 aromatic heterocycles. The molecule has 1 atom stereocenters. The average molecular weight is 408 g/mol. The van der Waals surface area contributed by atoms with Crippen LogP contribution in [0, 0.1) is 6.92 Å². The zero-order chi connectivity index (χ0) is 16.1. The number of hydrogen-bond acceptors (Lipinski definition) is 5. The number of halogens is 2. The maximum absolute atomic E-state index is 12.2. The van der Waals surface area contributed by atoms with Crippen molar-refractivity contribution in [1.82, 2.24) is 10.2 Å². The van der Waals surface area contributed by atoms with Crippen LogP contribution in [0.4, 0.5) is 5.69 Å². The molecule has 8 heteroatoms. The lowest BCUT2D eigenvalue weighted by Gasteiger charge is -2.26. The molecule has 1 unspecified atom stereocenters. The van der Waals surface area contributed by atoms with E-state index in [-0.39, 0.29) is 30.7 Å². The number of hydrogen-bond donors (Lipinski definition) is 2. The summed E-state index contributed by atoms with van der Waals surface area (Å²) in [5, 5.41) is 6.17. The predicted molar refractivity (Wildman–Crippen MR) is 110 cm³/mol. The molecule has 0 aliphatic carbocycles. The van der Waals surface area contributed by atoms with E-state index in [0.717, 1.165) is 37.4 Å². The number of benzene rings is 1. The first-order valence-electron chi connectivity index (χ1n) is 8.25. The van der Waals surface area contributed by atoms with Gasteiger partial charge in [0.2, 0.25) is 0 Å². The molecule has 2 aliphatic heterocycles. The van der Waals surface area contributed by atoms with Crippen molar-refractivity contribution in [3.8, 4) is 0 Å². The second kappa shape index (κ2) is 11.3. The zero-order valence-electron chi connectivity index (χ0n) is 14.5. The van der Waals surface area contributed by atoms with E-state index in [9.17, 15) is 4.79 Å². The van der Waals surface area contributed by atoms with Crippen LogP contribution in [0.15, 0.2) is 18.2 Å². The zero-order valence-corrected chi connectivity index (χ0v) is 16.9. The maximum atomic E-state index is 12.2. The number of anilines is 1. The first kappa shape index (κ1) is 22.5. The molecule has 142 valence electrons. The van der Waals surface area contributed by atoms with Gasteiger partial charge in [0, 0.05) is 49.9 Å². The molecule has 0 radical (unpaired) electrons. The van der Waals surface area contributed by atoms with E-state index < -0.39 is 6.10 Å². The molecule has 1 aromatic rings. The molecule has 2 fully saturated rings. The molecule has 0 spiro atoms. The smallest absolute Gasteiger partial charge is 0.254 e. The fourth-order valence-corrected chi connectivity index (χ4v) is 3.91. The van der Waals surface area contributed by atoms with Gasteiger partial charge in [0.25, 0.3) is 5.91 Å². The van der Waals surface area contributed by atoms with Crippen LogP contribution in [0.5, 0.6) is 0 Å². The Kier molecular flexibility index (Phi) is 10.2.